The van der Waals surface area contributed by atoms with E-state index in [1.54, 1.807) is 71.0 Å². The Morgan fingerprint density at radius 1 is 0.784 bits per heavy atom. The normalized spacial score (nSPS) is 12.7. The second-order valence-corrected chi connectivity index (χ2v) is 9.87. The highest BCUT2D eigenvalue weighted by atomic mass is 16.6. The predicted molar refractivity (Wildman–Crippen MR) is 137 cm³/mol. The molecule has 0 aliphatic carbocycles. The Labute approximate surface area is 217 Å². The van der Waals surface area contributed by atoms with Crippen molar-refractivity contribution in [3.05, 3.63) is 71.8 Å². The van der Waals surface area contributed by atoms with Crippen LogP contribution in [0.25, 0.3) is 0 Å². The van der Waals surface area contributed by atoms with Crippen LogP contribution in [0.4, 0.5) is 4.79 Å². The number of rotatable bonds is 11. The first kappa shape index (κ1) is 29.4. The Morgan fingerprint density at radius 2 is 1.30 bits per heavy atom. The summed E-state index contributed by atoms with van der Waals surface area (Å²) in [5.74, 6) is -2.47. The van der Waals surface area contributed by atoms with Crippen molar-refractivity contribution in [2.75, 3.05) is 0 Å². The van der Waals surface area contributed by atoms with Gasteiger partial charge in [-0.2, -0.15) is 0 Å². The van der Waals surface area contributed by atoms with Gasteiger partial charge in [-0.05, 0) is 37.8 Å². The fourth-order valence-electron chi connectivity index (χ4n) is 3.22. The molecule has 2 atom stereocenters. The molecule has 2 unspecified atom stereocenters. The molecule has 0 bridgehead atoms. The van der Waals surface area contributed by atoms with Crippen molar-refractivity contribution in [3.63, 3.8) is 0 Å². The molecule has 0 fully saturated rings. The van der Waals surface area contributed by atoms with Crippen LogP contribution in [0.3, 0.4) is 0 Å². The van der Waals surface area contributed by atoms with Crippen LogP contribution in [0.1, 0.15) is 52.2 Å². The quantitative estimate of drug-likeness (QED) is 0.346. The maximum absolute atomic E-state index is 13.1. The molecular formula is C28H36N2O7. The second-order valence-electron chi connectivity index (χ2n) is 9.87. The summed E-state index contributed by atoms with van der Waals surface area (Å²) in [5, 5.41) is 5.08. The van der Waals surface area contributed by atoms with Crippen molar-refractivity contribution in [1.82, 2.24) is 10.6 Å². The number of hydrogen-bond acceptors (Lipinski definition) is 7. The lowest BCUT2D eigenvalue weighted by atomic mass is 10.0. The van der Waals surface area contributed by atoms with E-state index in [1.807, 2.05) is 24.3 Å². The van der Waals surface area contributed by atoms with Crippen LogP contribution >= 0.6 is 0 Å². The van der Waals surface area contributed by atoms with E-state index >= 15 is 0 Å². The smallest absolute Gasteiger partial charge is 0.408 e. The average molecular weight is 513 g/mol. The number of carbonyl (C=O) groups is 4. The molecule has 0 aliphatic heterocycles. The highest BCUT2D eigenvalue weighted by molar-refractivity contribution is 5.91. The Hall–Kier alpha value is -3.88. The Balaban J connectivity index is 2.09. The molecule has 0 spiro atoms. The monoisotopic (exact) mass is 512 g/mol. The van der Waals surface area contributed by atoms with Crippen LogP contribution in [0.2, 0.25) is 0 Å². The van der Waals surface area contributed by atoms with E-state index in [1.165, 1.54) is 0 Å². The van der Waals surface area contributed by atoms with Crippen LogP contribution < -0.4 is 10.6 Å². The van der Waals surface area contributed by atoms with Crippen molar-refractivity contribution in [1.29, 1.82) is 0 Å². The fourth-order valence-corrected chi connectivity index (χ4v) is 3.22. The lowest BCUT2D eigenvalue weighted by Gasteiger charge is -2.26. The number of ether oxygens (including phenoxy) is 3. The van der Waals surface area contributed by atoms with Gasteiger partial charge in [0.15, 0.2) is 0 Å². The van der Waals surface area contributed by atoms with Crippen LogP contribution in [0.5, 0.6) is 0 Å². The summed E-state index contributed by atoms with van der Waals surface area (Å²) in [6.07, 6.45) is -1.21. The molecule has 2 aromatic carbocycles. The van der Waals surface area contributed by atoms with Crippen LogP contribution in [0, 0.1) is 5.92 Å². The minimum Gasteiger partial charge on any atom is -0.461 e. The fraction of sp³-hybridized carbons (Fsp3) is 0.429. The van der Waals surface area contributed by atoms with Gasteiger partial charge in [0, 0.05) is 0 Å². The predicted octanol–water partition coefficient (Wildman–Crippen LogP) is 3.90. The highest BCUT2D eigenvalue weighted by Gasteiger charge is 2.32. The molecule has 2 aromatic rings. The van der Waals surface area contributed by atoms with Crippen molar-refractivity contribution >= 4 is 23.9 Å². The minimum atomic E-state index is -1.32. The second kappa shape index (κ2) is 14.0. The van der Waals surface area contributed by atoms with Gasteiger partial charge in [-0.3, -0.25) is 9.59 Å². The maximum atomic E-state index is 13.1. The number of carbonyl (C=O) groups excluding carboxylic acids is 4. The number of hydrogen-bond donors (Lipinski definition) is 2. The largest absolute Gasteiger partial charge is 0.461 e. The Morgan fingerprint density at radius 3 is 1.78 bits per heavy atom. The zero-order chi connectivity index (χ0) is 27.4. The lowest BCUT2D eigenvalue weighted by molar-refractivity contribution is -0.155. The van der Waals surface area contributed by atoms with E-state index < -0.39 is 48.0 Å². The van der Waals surface area contributed by atoms with Gasteiger partial charge in [-0.15, -0.1) is 0 Å². The van der Waals surface area contributed by atoms with E-state index in [9.17, 15) is 19.2 Å². The lowest BCUT2D eigenvalue weighted by Crippen LogP contribution is -2.55. The SMILES string of the molecule is CC(C)C(NC(=O)OC(C)(C)C)C(=O)NC(CC(=O)OCc1ccccc1)C(=O)OCc1ccccc1. The molecule has 2 rings (SSSR count). The third-order valence-electron chi connectivity index (χ3n) is 5.06. The third kappa shape index (κ3) is 11.2. The number of alkyl carbamates (subject to hydrolysis) is 1. The molecule has 0 aliphatic rings. The molecule has 9 nitrogen and oxygen atoms in total. The molecular weight excluding hydrogens is 476 g/mol. The summed E-state index contributed by atoms with van der Waals surface area (Å²) in [5.41, 5.74) is 0.776. The number of esters is 2. The summed E-state index contributed by atoms with van der Waals surface area (Å²) in [7, 11) is 0. The first-order valence-electron chi connectivity index (χ1n) is 12.1. The van der Waals surface area contributed by atoms with Gasteiger partial charge in [0.25, 0.3) is 0 Å². The summed E-state index contributed by atoms with van der Waals surface area (Å²) in [4.78, 5) is 50.8. The molecule has 2 amide bonds. The van der Waals surface area contributed by atoms with Crippen molar-refractivity contribution < 1.29 is 33.4 Å². The zero-order valence-corrected chi connectivity index (χ0v) is 22.0. The van der Waals surface area contributed by atoms with E-state index in [2.05, 4.69) is 10.6 Å². The number of nitrogens with one attached hydrogen (secondary N) is 2. The van der Waals surface area contributed by atoms with Crippen molar-refractivity contribution in [2.24, 2.45) is 5.92 Å². The molecule has 0 heterocycles. The molecule has 0 saturated carbocycles. The Bertz CT molecular complexity index is 1030. The first-order valence-corrected chi connectivity index (χ1v) is 12.1. The van der Waals surface area contributed by atoms with E-state index in [0.717, 1.165) is 11.1 Å². The topological polar surface area (TPSA) is 120 Å². The number of amides is 2. The molecule has 0 saturated heterocycles. The van der Waals surface area contributed by atoms with Gasteiger partial charge in [0.05, 0.1) is 6.42 Å². The van der Waals surface area contributed by atoms with Gasteiger partial charge in [0.1, 0.15) is 30.9 Å². The molecule has 0 aromatic heterocycles. The van der Waals surface area contributed by atoms with E-state index in [4.69, 9.17) is 14.2 Å². The summed E-state index contributed by atoms with van der Waals surface area (Å²) < 4.78 is 15.9. The Kier molecular flexibility index (Phi) is 11.1. The molecule has 9 heteroatoms. The van der Waals surface area contributed by atoms with Gasteiger partial charge >= 0.3 is 18.0 Å². The number of benzene rings is 2. The van der Waals surface area contributed by atoms with Crippen LogP contribution in [-0.2, 0) is 41.8 Å². The summed E-state index contributed by atoms with van der Waals surface area (Å²) in [6, 6.07) is 15.8. The standard InChI is InChI=1S/C28H36N2O7/c1-19(2)24(30-27(34)37-28(3,4)5)25(32)29-22(26(33)36-18-21-14-10-7-11-15-21)16-23(31)35-17-20-12-8-6-9-13-20/h6-15,19,22,24H,16-18H2,1-5H3,(H,29,32)(H,30,34). The van der Waals surface area contributed by atoms with Crippen molar-refractivity contribution in [3.8, 4) is 0 Å². The first-order chi connectivity index (χ1) is 17.4. The van der Waals surface area contributed by atoms with E-state index in [0.29, 0.717) is 0 Å². The van der Waals surface area contributed by atoms with Gasteiger partial charge in [-0.25, -0.2) is 9.59 Å². The molecule has 0 radical (unpaired) electrons. The zero-order valence-electron chi connectivity index (χ0n) is 22.0. The van der Waals surface area contributed by atoms with E-state index in [-0.39, 0.29) is 19.1 Å². The van der Waals surface area contributed by atoms with Gasteiger partial charge < -0.3 is 24.8 Å². The molecule has 37 heavy (non-hydrogen) atoms. The minimum absolute atomic E-state index is 0.0220. The molecule has 200 valence electrons. The van der Waals surface area contributed by atoms with Crippen LogP contribution in [0.15, 0.2) is 60.7 Å². The van der Waals surface area contributed by atoms with Gasteiger partial charge in [0.2, 0.25) is 5.91 Å². The third-order valence-corrected chi connectivity index (χ3v) is 5.06. The maximum Gasteiger partial charge on any atom is 0.408 e. The molecule has 2 N–H and O–H groups in total. The van der Waals surface area contributed by atoms with Gasteiger partial charge in [-0.1, -0.05) is 74.5 Å². The van der Waals surface area contributed by atoms with Crippen molar-refractivity contribution in [2.45, 2.75) is 71.9 Å². The average Bonchev–Trinajstić information content (AvgIpc) is 2.84. The van der Waals surface area contributed by atoms with Crippen LogP contribution in [-0.4, -0.2) is 41.6 Å². The summed E-state index contributed by atoms with van der Waals surface area (Å²) >= 11 is 0. The highest BCUT2D eigenvalue weighted by Crippen LogP contribution is 2.11. The summed E-state index contributed by atoms with van der Waals surface area (Å²) in [6.45, 7) is 8.57.